The molecule has 0 spiro atoms. The van der Waals surface area contributed by atoms with Crippen LogP contribution in [0.2, 0.25) is 0 Å². The first-order valence-electron chi connectivity index (χ1n) is 7.42. The molecule has 1 aromatic rings. The highest BCUT2D eigenvalue weighted by Crippen LogP contribution is 2.31. The van der Waals surface area contributed by atoms with Crippen molar-refractivity contribution in [3.8, 4) is 0 Å². The number of rotatable bonds is 2. The molecule has 2 saturated heterocycles. The molecule has 2 fully saturated rings. The predicted molar refractivity (Wildman–Crippen MR) is 72.1 cm³/mol. The molecule has 0 bridgehead atoms. The van der Waals surface area contributed by atoms with Crippen molar-refractivity contribution in [1.82, 2.24) is 15.0 Å². The van der Waals surface area contributed by atoms with E-state index in [9.17, 15) is 0 Å². The summed E-state index contributed by atoms with van der Waals surface area (Å²) in [4.78, 5) is 7.01. The zero-order chi connectivity index (χ0) is 13.5. The SMILES string of the molecule is NC1C=CC(c2nc(C3CN4CCCC4CO3)no2)C1. The van der Waals surface area contributed by atoms with Gasteiger partial charge in [0.25, 0.3) is 0 Å². The van der Waals surface area contributed by atoms with E-state index in [2.05, 4.69) is 21.1 Å². The Kier molecular flexibility index (Phi) is 3.09. The maximum Gasteiger partial charge on any atom is 0.233 e. The topological polar surface area (TPSA) is 77.4 Å². The van der Waals surface area contributed by atoms with Gasteiger partial charge >= 0.3 is 0 Å². The second-order valence-corrected chi connectivity index (χ2v) is 5.99. The number of aromatic nitrogens is 2. The Morgan fingerprint density at radius 3 is 3.15 bits per heavy atom. The van der Waals surface area contributed by atoms with Crippen molar-refractivity contribution in [1.29, 1.82) is 0 Å². The number of ether oxygens (including phenoxy) is 1. The van der Waals surface area contributed by atoms with Crippen LogP contribution in [0, 0.1) is 0 Å². The summed E-state index contributed by atoms with van der Waals surface area (Å²) >= 11 is 0. The first-order valence-corrected chi connectivity index (χ1v) is 7.42. The molecular weight excluding hydrogens is 256 g/mol. The van der Waals surface area contributed by atoms with Gasteiger partial charge in [-0.15, -0.1) is 0 Å². The monoisotopic (exact) mass is 276 g/mol. The van der Waals surface area contributed by atoms with Gasteiger partial charge in [-0.2, -0.15) is 4.98 Å². The van der Waals surface area contributed by atoms with Crippen molar-refractivity contribution in [3.05, 3.63) is 23.9 Å². The third kappa shape index (κ3) is 2.17. The normalized spacial score (nSPS) is 37.5. The van der Waals surface area contributed by atoms with Crippen molar-refractivity contribution in [2.24, 2.45) is 5.73 Å². The number of fused-ring (bicyclic) bond motifs is 1. The Bertz CT molecular complexity index is 515. The van der Waals surface area contributed by atoms with Gasteiger partial charge < -0.3 is 15.0 Å². The van der Waals surface area contributed by atoms with Gasteiger partial charge in [-0.1, -0.05) is 17.3 Å². The molecule has 0 saturated carbocycles. The molecular formula is C14H20N4O2. The first-order chi connectivity index (χ1) is 9.79. The fourth-order valence-electron chi connectivity index (χ4n) is 3.41. The number of morpholine rings is 1. The zero-order valence-electron chi connectivity index (χ0n) is 11.4. The average molecular weight is 276 g/mol. The van der Waals surface area contributed by atoms with Gasteiger partial charge in [0.1, 0.15) is 6.10 Å². The van der Waals surface area contributed by atoms with Crippen molar-refractivity contribution in [2.45, 2.75) is 43.4 Å². The average Bonchev–Trinajstić information content (AvgIpc) is 3.17. The Labute approximate surface area is 118 Å². The minimum absolute atomic E-state index is 0.0547. The van der Waals surface area contributed by atoms with Gasteiger partial charge in [-0.05, 0) is 25.8 Å². The van der Waals surface area contributed by atoms with Crippen LogP contribution in [-0.4, -0.2) is 46.8 Å². The Morgan fingerprint density at radius 1 is 1.35 bits per heavy atom. The maximum absolute atomic E-state index is 5.91. The van der Waals surface area contributed by atoms with E-state index in [4.69, 9.17) is 15.0 Å². The van der Waals surface area contributed by atoms with Crippen LogP contribution in [-0.2, 0) is 4.74 Å². The first kappa shape index (κ1) is 12.5. The van der Waals surface area contributed by atoms with Gasteiger partial charge in [-0.3, -0.25) is 4.90 Å². The van der Waals surface area contributed by atoms with Crippen LogP contribution in [0.25, 0.3) is 0 Å². The van der Waals surface area contributed by atoms with Crippen molar-refractivity contribution >= 4 is 0 Å². The molecule has 6 nitrogen and oxygen atoms in total. The smallest absolute Gasteiger partial charge is 0.233 e. The number of nitrogens with two attached hydrogens (primary N) is 1. The summed E-state index contributed by atoms with van der Waals surface area (Å²) in [5.41, 5.74) is 5.86. The number of hydrogen-bond donors (Lipinski definition) is 1. The molecule has 1 aliphatic carbocycles. The van der Waals surface area contributed by atoms with E-state index in [1.165, 1.54) is 12.8 Å². The van der Waals surface area contributed by atoms with Crippen LogP contribution >= 0.6 is 0 Å². The molecule has 4 unspecified atom stereocenters. The predicted octanol–water partition coefficient (Wildman–Crippen LogP) is 0.976. The van der Waals surface area contributed by atoms with E-state index in [0.29, 0.717) is 17.8 Å². The maximum atomic E-state index is 5.91. The lowest BCUT2D eigenvalue weighted by molar-refractivity contribution is -0.0548. The van der Waals surface area contributed by atoms with Crippen LogP contribution in [0.5, 0.6) is 0 Å². The van der Waals surface area contributed by atoms with E-state index in [-0.39, 0.29) is 18.1 Å². The molecule has 3 heterocycles. The highest BCUT2D eigenvalue weighted by Gasteiger charge is 2.35. The lowest BCUT2D eigenvalue weighted by Crippen LogP contribution is -2.42. The molecule has 0 radical (unpaired) electrons. The van der Waals surface area contributed by atoms with E-state index < -0.39 is 0 Å². The molecule has 2 N–H and O–H groups in total. The Hall–Kier alpha value is -1.24. The van der Waals surface area contributed by atoms with E-state index in [0.717, 1.165) is 26.1 Å². The van der Waals surface area contributed by atoms with Crippen molar-refractivity contribution < 1.29 is 9.26 Å². The Balaban J connectivity index is 1.46. The molecule has 2 aliphatic heterocycles. The number of allylic oxidation sites excluding steroid dienone is 1. The minimum Gasteiger partial charge on any atom is -0.367 e. The molecule has 20 heavy (non-hydrogen) atoms. The summed E-state index contributed by atoms with van der Waals surface area (Å²) in [6.07, 6.45) is 7.36. The summed E-state index contributed by atoms with van der Waals surface area (Å²) in [6, 6.07) is 0.694. The molecule has 4 rings (SSSR count). The van der Waals surface area contributed by atoms with Crippen LogP contribution in [0.4, 0.5) is 0 Å². The third-order valence-corrected chi connectivity index (χ3v) is 4.57. The number of nitrogens with zero attached hydrogens (tertiary/aromatic N) is 3. The number of hydrogen-bond acceptors (Lipinski definition) is 6. The summed E-state index contributed by atoms with van der Waals surface area (Å²) in [5.74, 6) is 1.50. The fourth-order valence-corrected chi connectivity index (χ4v) is 3.41. The Morgan fingerprint density at radius 2 is 2.30 bits per heavy atom. The lowest BCUT2D eigenvalue weighted by atomic mass is 10.1. The highest BCUT2D eigenvalue weighted by molar-refractivity contribution is 5.15. The van der Waals surface area contributed by atoms with Crippen LogP contribution in [0.1, 0.15) is 43.0 Å². The van der Waals surface area contributed by atoms with E-state index >= 15 is 0 Å². The van der Waals surface area contributed by atoms with Crippen LogP contribution in [0.15, 0.2) is 16.7 Å². The van der Waals surface area contributed by atoms with Crippen molar-refractivity contribution in [3.63, 3.8) is 0 Å². The summed E-state index contributed by atoms with van der Waals surface area (Å²) in [7, 11) is 0. The summed E-state index contributed by atoms with van der Waals surface area (Å²) in [5, 5.41) is 4.11. The fraction of sp³-hybridized carbons (Fsp3) is 0.714. The lowest BCUT2D eigenvalue weighted by Gasteiger charge is -2.33. The van der Waals surface area contributed by atoms with Crippen LogP contribution in [0.3, 0.4) is 0 Å². The summed E-state index contributed by atoms with van der Waals surface area (Å²) < 4.78 is 11.3. The van der Waals surface area contributed by atoms with Gasteiger partial charge in [0, 0.05) is 18.6 Å². The molecule has 0 amide bonds. The highest BCUT2D eigenvalue weighted by atomic mass is 16.5. The third-order valence-electron chi connectivity index (χ3n) is 4.57. The summed E-state index contributed by atoms with van der Waals surface area (Å²) in [6.45, 7) is 2.82. The zero-order valence-corrected chi connectivity index (χ0v) is 11.4. The molecule has 0 aromatic carbocycles. The van der Waals surface area contributed by atoms with Crippen molar-refractivity contribution in [2.75, 3.05) is 19.7 Å². The quantitative estimate of drug-likeness (QED) is 0.811. The van der Waals surface area contributed by atoms with Gasteiger partial charge in [0.2, 0.25) is 11.7 Å². The molecule has 1 aromatic heterocycles. The molecule has 3 aliphatic rings. The van der Waals surface area contributed by atoms with Crippen LogP contribution < -0.4 is 5.73 Å². The molecule has 108 valence electrons. The van der Waals surface area contributed by atoms with Gasteiger partial charge in [0.05, 0.1) is 12.5 Å². The van der Waals surface area contributed by atoms with Gasteiger partial charge in [0.15, 0.2) is 0 Å². The second kappa shape index (κ2) is 4.95. The largest absolute Gasteiger partial charge is 0.367 e. The van der Waals surface area contributed by atoms with Gasteiger partial charge in [-0.25, -0.2) is 0 Å². The second-order valence-electron chi connectivity index (χ2n) is 5.99. The van der Waals surface area contributed by atoms with E-state index in [1.807, 2.05) is 6.08 Å². The minimum atomic E-state index is -0.0547. The standard InChI is InChI=1S/C14H20N4O2/c15-10-4-3-9(6-10)14-16-13(17-20-14)12-7-18-5-1-2-11(18)8-19-12/h3-4,9-12H,1-2,5-8,15H2. The molecule has 4 atom stereocenters. The van der Waals surface area contributed by atoms with E-state index in [1.54, 1.807) is 0 Å². The molecule has 6 heteroatoms.